The van der Waals surface area contributed by atoms with Gasteiger partial charge in [0.2, 0.25) is 0 Å². The molecule has 0 aliphatic heterocycles. The molecule has 1 unspecified atom stereocenters. The van der Waals surface area contributed by atoms with Crippen LogP contribution in [0.5, 0.6) is 0 Å². The van der Waals surface area contributed by atoms with E-state index in [1.54, 1.807) is 0 Å². The predicted molar refractivity (Wildman–Crippen MR) is 123 cm³/mol. The molecule has 0 heterocycles. The molecule has 0 spiro atoms. The summed E-state index contributed by atoms with van der Waals surface area (Å²) in [5.41, 5.74) is 0. The van der Waals surface area contributed by atoms with E-state index in [0.717, 1.165) is 19.3 Å². The average molecular weight is 514 g/mol. The van der Waals surface area contributed by atoms with Gasteiger partial charge in [-0.15, -0.1) is 0 Å². The SMILES string of the molecule is CCCCCCCCCCCCCCCCCC(=O)OCC[C@@H](O)C(Br)[P+]([O-])([O-])O. The molecule has 8 heteroatoms. The molecular formula is C22H43BrO6P-. The van der Waals surface area contributed by atoms with Crippen molar-refractivity contribution in [3.63, 3.8) is 0 Å². The predicted octanol–water partition coefficient (Wildman–Crippen LogP) is 4.74. The summed E-state index contributed by atoms with van der Waals surface area (Å²) in [6.07, 6.45) is 18.0. The Morgan fingerprint density at radius 2 is 1.27 bits per heavy atom. The van der Waals surface area contributed by atoms with Crippen molar-refractivity contribution in [1.82, 2.24) is 0 Å². The lowest BCUT2D eigenvalue weighted by atomic mass is 10.0. The molecule has 0 bridgehead atoms. The molecule has 0 aliphatic rings. The van der Waals surface area contributed by atoms with Crippen molar-refractivity contribution in [2.24, 2.45) is 0 Å². The zero-order valence-electron chi connectivity index (χ0n) is 18.7. The number of halogens is 1. The molecule has 0 aromatic rings. The van der Waals surface area contributed by atoms with Gasteiger partial charge in [-0.1, -0.05) is 96.8 Å². The molecule has 2 atom stereocenters. The maximum atomic E-state index is 11.6. The van der Waals surface area contributed by atoms with Crippen molar-refractivity contribution in [2.45, 2.75) is 127 Å². The molecule has 0 radical (unpaired) electrons. The number of aliphatic hydroxyl groups excluding tert-OH is 1. The first-order valence-electron chi connectivity index (χ1n) is 11.8. The monoisotopic (exact) mass is 513 g/mol. The van der Waals surface area contributed by atoms with Crippen LogP contribution in [-0.4, -0.2) is 33.2 Å². The number of unbranched alkanes of at least 4 members (excludes halogenated alkanes) is 14. The van der Waals surface area contributed by atoms with Gasteiger partial charge in [-0.25, -0.2) is 0 Å². The molecule has 0 saturated carbocycles. The van der Waals surface area contributed by atoms with Gasteiger partial charge in [0.1, 0.15) is 6.10 Å². The van der Waals surface area contributed by atoms with Crippen LogP contribution in [0.2, 0.25) is 0 Å². The Morgan fingerprint density at radius 1 is 0.867 bits per heavy atom. The van der Waals surface area contributed by atoms with Gasteiger partial charge in [-0.05, 0) is 22.4 Å². The zero-order chi connectivity index (χ0) is 22.7. The van der Waals surface area contributed by atoms with Crippen LogP contribution in [0.1, 0.15) is 116 Å². The Hall–Kier alpha value is 0.220. The average Bonchev–Trinajstić information content (AvgIpc) is 2.69. The molecule has 0 aliphatic carbocycles. The maximum absolute atomic E-state index is 11.6. The highest BCUT2D eigenvalue weighted by molar-refractivity contribution is 9.10. The summed E-state index contributed by atoms with van der Waals surface area (Å²) in [6, 6.07) is 0. The molecule has 30 heavy (non-hydrogen) atoms. The molecular weight excluding hydrogens is 471 g/mol. The number of esters is 1. The lowest BCUT2D eigenvalue weighted by molar-refractivity contribution is -0.333. The standard InChI is InChI=1S/C22H44BrO6P/c1-2-3-4-5-6-7-8-9-10-11-12-13-14-15-16-17-21(25)29-19-18-20(24)22(23)30(26,27)28/h20,22,24H,2-19H2,1H3,(H2,26,27,28)/p-1/t20-,22?/m1/s1. The normalized spacial score (nSPS) is 13.9. The van der Waals surface area contributed by atoms with E-state index in [1.165, 1.54) is 77.0 Å². The van der Waals surface area contributed by atoms with Crippen LogP contribution < -0.4 is 9.79 Å². The fourth-order valence-corrected chi connectivity index (χ4v) is 4.21. The summed E-state index contributed by atoms with van der Waals surface area (Å²) < 4.78 is 3.56. The van der Waals surface area contributed by atoms with E-state index in [0.29, 0.717) is 6.42 Å². The number of hydrogen-bond donors (Lipinski definition) is 2. The minimum atomic E-state index is -4.65. The lowest BCUT2D eigenvalue weighted by Crippen LogP contribution is -2.36. The number of hydrogen-bond acceptors (Lipinski definition) is 6. The van der Waals surface area contributed by atoms with Crippen molar-refractivity contribution < 1.29 is 29.3 Å². The van der Waals surface area contributed by atoms with Crippen molar-refractivity contribution >= 4 is 29.8 Å². The molecule has 6 nitrogen and oxygen atoms in total. The minimum Gasteiger partial charge on any atom is -0.659 e. The fraction of sp³-hybridized carbons (Fsp3) is 0.955. The third kappa shape index (κ3) is 18.9. The summed E-state index contributed by atoms with van der Waals surface area (Å²) in [4.78, 5) is 42.3. The topological polar surface area (TPSA) is 113 Å². The van der Waals surface area contributed by atoms with E-state index in [-0.39, 0.29) is 19.0 Å². The Balaban J connectivity index is 3.36. The van der Waals surface area contributed by atoms with Crippen molar-refractivity contribution in [3.8, 4) is 0 Å². The van der Waals surface area contributed by atoms with E-state index in [2.05, 4.69) is 22.9 Å². The van der Waals surface area contributed by atoms with Gasteiger partial charge in [0.25, 0.3) is 0 Å². The highest BCUT2D eigenvalue weighted by Crippen LogP contribution is 2.46. The molecule has 180 valence electrons. The summed E-state index contributed by atoms with van der Waals surface area (Å²) >= 11 is 2.72. The summed E-state index contributed by atoms with van der Waals surface area (Å²) in [5, 5.41) is 9.61. The number of rotatable bonds is 21. The van der Waals surface area contributed by atoms with Gasteiger partial charge < -0.3 is 19.6 Å². The lowest BCUT2D eigenvalue weighted by Gasteiger charge is -2.34. The number of alkyl halides is 1. The second kappa shape index (κ2) is 19.9. The molecule has 0 rings (SSSR count). The number of carbonyl (C=O) groups is 1. The number of aliphatic hydroxyl groups is 1. The minimum absolute atomic E-state index is 0.0483. The van der Waals surface area contributed by atoms with Crippen molar-refractivity contribution in [3.05, 3.63) is 0 Å². The van der Waals surface area contributed by atoms with E-state index in [9.17, 15) is 19.7 Å². The summed E-state index contributed by atoms with van der Waals surface area (Å²) in [6.45, 7) is 2.18. The summed E-state index contributed by atoms with van der Waals surface area (Å²) in [7, 11) is -4.65. The largest absolute Gasteiger partial charge is 0.659 e. The molecule has 2 N–H and O–H groups in total. The van der Waals surface area contributed by atoms with Gasteiger partial charge in [0.15, 0.2) is 4.57 Å². The van der Waals surface area contributed by atoms with Gasteiger partial charge in [-0.3, -0.25) is 9.69 Å². The van der Waals surface area contributed by atoms with Crippen LogP contribution in [0.4, 0.5) is 0 Å². The van der Waals surface area contributed by atoms with Crippen molar-refractivity contribution in [2.75, 3.05) is 6.61 Å². The first-order valence-corrected chi connectivity index (χ1v) is 14.4. The van der Waals surface area contributed by atoms with Crippen LogP contribution in [0.3, 0.4) is 0 Å². The van der Waals surface area contributed by atoms with E-state index in [1.807, 2.05) is 0 Å². The van der Waals surface area contributed by atoms with Crippen LogP contribution >= 0.6 is 23.9 Å². The Kier molecular flexibility index (Phi) is 20.0. The van der Waals surface area contributed by atoms with Crippen LogP contribution in [0.15, 0.2) is 0 Å². The van der Waals surface area contributed by atoms with Crippen molar-refractivity contribution in [1.29, 1.82) is 0 Å². The van der Waals surface area contributed by atoms with Crippen LogP contribution in [0, 0.1) is 0 Å². The third-order valence-corrected chi connectivity index (χ3v) is 8.42. The zero-order valence-corrected chi connectivity index (χ0v) is 21.2. The quantitative estimate of drug-likeness (QED) is 0.0991. The highest BCUT2D eigenvalue weighted by Gasteiger charge is 2.29. The second-order valence-corrected chi connectivity index (χ2v) is 11.6. The highest BCUT2D eigenvalue weighted by atomic mass is 79.9. The molecule has 0 aromatic heterocycles. The number of carbonyl (C=O) groups excluding carboxylic acids is 1. The molecule has 0 amide bonds. The first kappa shape index (κ1) is 30.2. The third-order valence-electron chi connectivity index (χ3n) is 5.29. The summed E-state index contributed by atoms with van der Waals surface area (Å²) in [5.74, 6) is -0.336. The smallest absolute Gasteiger partial charge is 0.305 e. The van der Waals surface area contributed by atoms with Crippen LogP contribution in [-0.2, 0) is 9.53 Å². The Bertz CT molecular complexity index is 406. The first-order chi connectivity index (χ1) is 14.3. The maximum Gasteiger partial charge on any atom is 0.305 e. The van der Waals surface area contributed by atoms with Gasteiger partial charge in [0, 0.05) is 12.8 Å². The molecule has 0 saturated heterocycles. The Morgan fingerprint density at radius 3 is 1.67 bits per heavy atom. The van der Waals surface area contributed by atoms with Gasteiger partial charge >= 0.3 is 5.97 Å². The van der Waals surface area contributed by atoms with Gasteiger partial charge in [-0.2, -0.15) is 0 Å². The molecule has 0 aromatic carbocycles. The second-order valence-electron chi connectivity index (χ2n) is 8.21. The fourth-order valence-electron chi connectivity index (χ4n) is 3.36. The molecule has 0 fully saturated rings. The van der Waals surface area contributed by atoms with Gasteiger partial charge in [0.05, 0.1) is 14.6 Å². The van der Waals surface area contributed by atoms with E-state index < -0.39 is 18.6 Å². The van der Waals surface area contributed by atoms with E-state index >= 15 is 0 Å². The van der Waals surface area contributed by atoms with E-state index in [4.69, 9.17) is 9.63 Å². The number of ether oxygens (including phenoxy) is 1. The Labute approximate surface area is 192 Å². The van der Waals surface area contributed by atoms with Crippen LogP contribution in [0.25, 0.3) is 0 Å².